The molecule has 9 heteroatoms. The Bertz CT molecular complexity index is 1160. The predicted molar refractivity (Wildman–Crippen MR) is 115 cm³/mol. The van der Waals surface area contributed by atoms with Crippen LogP contribution >= 0.6 is 22.6 Å². The standard InChI is InChI=1S/C19H20INO6S/c1-4-26-18-9-12(5-8-16(18)25-2)15(11-28(3,23)24)21-14-7-6-13(20)10-17(14)27-19(21)22/h5-10,15H,4,11H2,1-3H3/t15-/m0/s1. The highest BCUT2D eigenvalue weighted by molar-refractivity contribution is 14.1. The van der Waals surface area contributed by atoms with Crippen molar-refractivity contribution in [3.63, 3.8) is 0 Å². The zero-order valence-electron chi connectivity index (χ0n) is 15.6. The molecule has 0 amide bonds. The van der Waals surface area contributed by atoms with Gasteiger partial charge in [0.15, 0.2) is 17.1 Å². The number of nitrogens with zero attached hydrogens (tertiary/aromatic N) is 1. The van der Waals surface area contributed by atoms with E-state index >= 15 is 0 Å². The molecule has 150 valence electrons. The maximum absolute atomic E-state index is 12.6. The lowest BCUT2D eigenvalue weighted by Crippen LogP contribution is -2.27. The van der Waals surface area contributed by atoms with Gasteiger partial charge >= 0.3 is 5.76 Å². The van der Waals surface area contributed by atoms with Crippen LogP contribution < -0.4 is 15.2 Å². The van der Waals surface area contributed by atoms with E-state index in [0.717, 1.165) is 9.83 Å². The van der Waals surface area contributed by atoms with Gasteiger partial charge < -0.3 is 13.9 Å². The highest BCUT2D eigenvalue weighted by atomic mass is 127. The number of methoxy groups -OCH3 is 1. The third kappa shape index (κ3) is 4.35. The van der Waals surface area contributed by atoms with Crippen LogP contribution in [0.2, 0.25) is 0 Å². The maximum Gasteiger partial charge on any atom is 0.420 e. The van der Waals surface area contributed by atoms with E-state index in [0.29, 0.717) is 34.8 Å². The van der Waals surface area contributed by atoms with Gasteiger partial charge in [0.2, 0.25) is 0 Å². The Balaban J connectivity index is 2.23. The molecule has 1 atom stereocenters. The van der Waals surface area contributed by atoms with E-state index in [1.54, 1.807) is 30.3 Å². The first-order valence-electron chi connectivity index (χ1n) is 8.52. The minimum Gasteiger partial charge on any atom is -0.493 e. The van der Waals surface area contributed by atoms with Crippen molar-refractivity contribution in [1.29, 1.82) is 0 Å². The Kier molecular flexibility index (Phi) is 6.04. The number of ether oxygens (including phenoxy) is 2. The van der Waals surface area contributed by atoms with Gasteiger partial charge in [-0.15, -0.1) is 0 Å². The number of rotatable bonds is 7. The molecule has 28 heavy (non-hydrogen) atoms. The van der Waals surface area contributed by atoms with Crippen molar-refractivity contribution in [3.05, 3.63) is 56.1 Å². The molecule has 7 nitrogen and oxygen atoms in total. The van der Waals surface area contributed by atoms with Crippen molar-refractivity contribution in [2.45, 2.75) is 13.0 Å². The molecule has 1 aromatic heterocycles. The van der Waals surface area contributed by atoms with Gasteiger partial charge in [-0.05, 0) is 65.4 Å². The van der Waals surface area contributed by atoms with Gasteiger partial charge in [0.25, 0.3) is 0 Å². The summed E-state index contributed by atoms with van der Waals surface area (Å²) in [4.78, 5) is 12.6. The Morgan fingerprint density at radius 3 is 2.57 bits per heavy atom. The summed E-state index contributed by atoms with van der Waals surface area (Å²) in [5, 5.41) is 0. The number of fused-ring (bicyclic) bond motifs is 1. The number of hydrogen-bond donors (Lipinski definition) is 0. The number of benzene rings is 2. The number of halogens is 1. The summed E-state index contributed by atoms with van der Waals surface area (Å²) in [7, 11) is -1.88. The number of hydrogen-bond acceptors (Lipinski definition) is 6. The lowest BCUT2D eigenvalue weighted by atomic mass is 10.1. The number of sulfone groups is 1. The molecule has 0 aliphatic heterocycles. The van der Waals surface area contributed by atoms with E-state index in [4.69, 9.17) is 13.9 Å². The molecule has 0 aliphatic rings. The van der Waals surface area contributed by atoms with E-state index in [1.165, 1.54) is 11.7 Å². The zero-order chi connectivity index (χ0) is 20.5. The molecule has 0 radical (unpaired) electrons. The molecule has 3 aromatic rings. The molecule has 0 spiro atoms. The van der Waals surface area contributed by atoms with Crippen LogP contribution in [0.3, 0.4) is 0 Å². The van der Waals surface area contributed by atoms with Gasteiger partial charge in [-0.1, -0.05) is 6.07 Å². The Hall–Kier alpha value is -2.01. The zero-order valence-corrected chi connectivity index (χ0v) is 18.6. The second-order valence-corrected chi connectivity index (χ2v) is 9.73. The third-order valence-corrected chi connectivity index (χ3v) is 5.81. The molecule has 2 aromatic carbocycles. The van der Waals surface area contributed by atoms with Crippen molar-refractivity contribution in [2.75, 3.05) is 25.7 Å². The van der Waals surface area contributed by atoms with Gasteiger partial charge in [-0.25, -0.2) is 13.2 Å². The van der Waals surface area contributed by atoms with E-state index in [-0.39, 0.29) is 5.75 Å². The summed E-state index contributed by atoms with van der Waals surface area (Å²) in [6, 6.07) is 9.70. The predicted octanol–water partition coefficient (Wildman–Crippen LogP) is 3.24. The highest BCUT2D eigenvalue weighted by Crippen LogP contribution is 2.33. The second-order valence-electron chi connectivity index (χ2n) is 6.30. The molecule has 0 bridgehead atoms. The lowest BCUT2D eigenvalue weighted by Gasteiger charge is -2.19. The van der Waals surface area contributed by atoms with E-state index in [9.17, 15) is 13.2 Å². The Morgan fingerprint density at radius 1 is 1.18 bits per heavy atom. The summed E-state index contributed by atoms with van der Waals surface area (Å²) >= 11 is 2.12. The topological polar surface area (TPSA) is 87.7 Å². The maximum atomic E-state index is 12.6. The van der Waals surface area contributed by atoms with Gasteiger partial charge in [0.1, 0.15) is 9.84 Å². The summed E-state index contributed by atoms with van der Waals surface area (Å²) in [6.45, 7) is 2.26. The fourth-order valence-electron chi connectivity index (χ4n) is 3.08. The van der Waals surface area contributed by atoms with Gasteiger partial charge in [0.05, 0.1) is 31.0 Å². The fraction of sp³-hybridized carbons (Fsp3) is 0.316. The first-order valence-corrected chi connectivity index (χ1v) is 11.7. The minimum atomic E-state index is -3.41. The Labute approximate surface area is 176 Å². The van der Waals surface area contributed by atoms with Crippen LogP contribution in [-0.4, -0.2) is 38.7 Å². The van der Waals surface area contributed by atoms with E-state index in [2.05, 4.69) is 22.6 Å². The molecule has 0 saturated heterocycles. The summed E-state index contributed by atoms with van der Waals surface area (Å²) in [6.07, 6.45) is 1.14. The summed E-state index contributed by atoms with van der Waals surface area (Å²) in [5.74, 6) is 0.143. The SMILES string of the molecule is CCOc1cc([C@H](CS(C)(=O)=O)n2c(=O)oc3cc(I)ccc32)ccc1OC. The van der Waals surface area contributed by atoms with Gasteiger partial charge in [-0.2, -0.15) is 0 Å². The average Bonchev–Trinajstić information content (AvgIpc) is 2.94. The first-order chi connectivity index (χ1) is 13.2. The van der Waals surface area contributed by atoms with Crippen LogP contribution in [0.5, 0.6) is 11.5 Å². The van der Waals surface area contributed by atoms with E-state index in [1.807, 2.05) is 13.0 Å². The minimum absolute atomic E-state index is 0.259. The largest absolute Gasteiger partial charge is 0.493 e. The molecule has 0 saturated carbocycles. The summed E-state index contributed by atoms with van der Waals surface area (Å²) < 4.78 is 42.9. The van der Waals surface area contributed by atoms with Crippen molar-refractivity contribution in [3.8, 4) is 11.5 Å². The quantitative estimate of drug-likeness (QED) is 0.448. The molecular weight excluding hydrogens is 497 g/mol. The molecule has 1 heterocycles. The molecule has 0 N–H and O–H groups in total. The van der Waals surface area contributed by atoms with Crippen molar-refractivity contribution in [1.82, 2.24) is 4.57 Å². The van der Waals surface area contributed by atoms with Crippen LogP contribution in [0, 0.1) is 3.57 Å². The van der Waals surface area contributed by atoms with Gasteiger partial charge in [0, 0.05) is 9.83 Å². The average molecular weight is 517 g/mol. The van der Waals surface area contributed by atoms with Crippen LogP contribution in [0.25, 0.3) is 11.1 Å². The number of aromatic nitrogens is 1. The molecule has 0 unspecified atom stereocenters. The number of oxazole rings is 1. The summed E-state index contributed by atoms with van der Waals surface area (Å²) in [5.41, 5.74) is 1.56. The normalized spacial score (nSPS) is 12.9. The molecular formula is C19H20INO6S. The van der Waals surface area contributed by atoms with Crippen molar-refractivity contribution < 1.29 is 22.3 Å². The Morgan fingerprint density at radius 2 is 1.93 bits per heavy atom. The molecule has 3 rings (SSSR count). The molecule has 0 aliphatic carbocycles. The van der Waals surface area contributed by atoms with Crippen LogP contribution in [-0.2, 0) is 9.84 Å². The highest BCUT2D eigenvalue weighted by Gasteiger charge is 2.26. The molecule has 0 fully saturated rings. The van der Waals surface area contributed by atoms with Crippen LogP contribution in [0.1, 0.15) is 18.5 Å². The third-order valence-electron chi connectivity index (χ3n) is 4.22. The van der Waals surface area contributed by atoms with Crippen molar-refractivity contribution >= 4 is 43.5 Å². The van der Waals surface area contributed by atoms with E-state index < -0.39 is 21.6 Å². The van der Waals surface area contributed by atoms with Gasteiger partial charge in [-0.3, -0.25) is 4.57 Å². The lowest BCUT2D eigenvalue weighted by molar-refractivity contribution is 0.310. The smallest absolute Gasteiger partial charge is 0.420 e. The first kappa shape index (κ1) is 20.7. The van der Waals surface area contributed by atoms with Crippen molar-refractivity contribution in [2.24, 2.45) is 0 Å². The van der Waals surface area contributed by atoms with Crippen LogP contribution in [0.15, 0.2) is 45.6 Å². The van der Waals surface area contributed by atoms with Crippen LogP contribution in [0.4, 0.5) is 0 Å². The monoisotopic (exact) mass is 517 g/mol. The fourth-order valence-corrected chi connectivity index (χ4v) is 4.46. The second kappa shape index (κ2) is 8.16.